The van der Waals surface area contributed by atoms with Gasteiger partial charge in [0.25, 0.3) is 0 Å². The summed E-state index contributed by atoms with van der Waals surface area (Å²) >= 11 is 0. The van der Waals surface area contributed by atoms with Gasteiger partial charge in [0.15, 0.2) is 6.10 Å². The monoisotopic (exact) mass is 644 g/mol. The third-order valence-electron chi connectivity index (χ3n) is 8.46. The number of carbonyl (C=O) groups excluding carboxylic acids is 2. The van der Waals surface area contributed by atoms with Crippen LogP contribution in [0.2, 0.25) is 0 Å². The van der Waals surface area contributed by atoms with Gasteiger partial charge in [-0.2, -0.15) is 13.2 Å². The van der Waals surface area contributed by atoms with E-state index >= 15 is 0 Å². The Balaban J connectivity index is 1.41. The molecule has 0 bridgehead atoms. The summed E-state index contributed by atoms with van der Waals surface area (Å²) < 4.78 is 56.8. The van der Waals surface area contributed by atoms with E-state index in [2.05, 4.69) is 6.92 Å². The molecular weight excluding hydrogens is 593 g/mol. The largest absolute Gasteiger partial charge is 0.494 e. The fourth-order valence-corrected chi connectivity index (χ4v) is 5.69. The average Bonchev–Trinajstić information content (AvgIpc) is 3.04. The molecule has 0 saturated heterocycles. The maximum atomic E-state index is 13.5. The second kappa shape index (κ2) is 20.1. The van der Waals surface area contributed by atoms with Crippen molar-refractivity contribution < 1.29 is 37.0 Å². The third kappa shape index (κ3) is 13.6. The van der Waals surface area contributed by atoms with Crippen LogP contribution < -0.4 is 9.47 Å². The molecule has 0 saturated carbocycles. The number of unbranched alkanes of at least 4 members (excludes halogenated alkanes) is 10. The molecule has 1 unspecified atom stereocenters. The minimum Gasteiger partial charge on any atom is -0.494 e. The van der Waals surface area contributed by atoms with Crippen molar-refractivity contribution in [2.24, 2.45) is 5.92 Å². The summed E-state index contributed by atoms with van der Waals surface area (Å²) in [4.78, 5) is 25.2. The van der Waals surface area contributed by atoms with Gasteiger partial charge in [0, 0.05) is 6.08 Å². The molecule has 2 aromatic rings. The Labute approximate surface area is 272 Å². The van der Waals surface area contributed by atoms with Gasteiger partial charge in [0.1, 0.15) is 11.5 Å². The zero-order valence-corrected chi connectivity index (χ0v) is 27.5. The number of aryl methyl sites for hydroxylation is 1. The van der Waals surface area contributed by atoms with Gasteiger partial charge in [-0.05, 0) is 85.6 Å². The smallest absolute Gasteiger partial charge is 0.425 e. The molecule has 5 nitrogen and oxygen atoms in total. The van der Waals surface area contributed by atoms with Crippen LogP contribution >= 0.6 is 0 Å². The van der Waals surface area contributed by atoms with E-state index in [9.17, 15) is 22.8 Å². The Kier molecular flexibility index (Phi) is 16.2. The minimum atomic E-state index is -4.58. The number of rotatable bonds is 20. The Morgan fingerprint density at radius 2 is 1.46 bits per heavy atom. The molecule has 0 N–H and O–H groups in total. The lowest BCUT2D eigenvalue weighted by molar-refractivity contribution is -0.225. The highest BCUT2D eigenvalue weighted by Gasteiger charge is 2.43. The van der Waals surface area contributed by atoms with Gasteiger partial charge in [-0.1, -0.05) is 96.3 Å². The Bertz CT molecular complexity index is 1220. The fraction of sp³-hybridized carbons (Fsp3) is 0.579. The molecule has 0 spiro atoms. The van der Waals surface area contributed by atoms with Crippen LogP contribution in [0.3, 0.4) is 0 Å². The summed E-state index contributed by atoms with van der Waals surface area (Å²) in [5, 5.41) is 0. The number of fused-ring (bicyclic) bond motifs is 1. The topological polar surface area (TPSA) is 61.8 Å². The number of alkyl halides is 3. The standard InChI is InChI=1S/C38H51F3O5/c1-3-5-7-9-10-11-12-14-26-44-33-22-16-29(17-23-33)18-25-36(42)45-34-24-21-30-27-32(20-19-31(30)28-34)37(43)46-35(38(39,40)41)15-13-8-6-4-2/h16-18,21-25,28,32,35H,3-15,19-20,26-27H2,1-2H3/t32?,35-/m1/s1. The molecule has 0 amide bonds. The highest BCUT2D eigenvalue weighted by Crippen LogP contribution is 2.32. The molecule has 0 heterocycles. The maximum absolute atomic E-state index is 13.5. The second-order valence-electron chi connectivity index (χ2n) is 12.3. The summed E-state index contributed by atoms with van der Waals surface area (Å²) in [7, 11) is 0. The van der Waals surface area contributed by atoms with Crippen LogP contribution in [0.15, 0.2) is 48.5 Å². The summed E-state index contributed by atoms with van der Waals surface area (Å²) in [6.07, 6.45) is 10.2. The van der Waals surface area contributed by atoms with Gasteiger partial charge in [0.2, 0.25) is 0 Å². The first kappa shape index (κ1) is 37.2. The normalized spacial score (nSPS) is 15.4. The molecule has 0 radical (unpaired) electrons. The zero-order chi connectivity index (χ0) is 33.2. The molecular formula is C38H51F3O5. The van der Waals surface area contributed by atoms with Crippen LogP contribution in [0.1, 0.15) is 120 Å². The number of halogens is 3. The van der Waals surface area contributed by atoms with Crippen LogP contribution in [-0.2, 0) is 27.2 Å². The third-order valence-corrected chi connectivity index (χ3v) is 8.46. The van der Waals surface area contributed by atoms with E-state index in [0.29, 0.717) is 44.5 Å². The molecule has 8 heteroatoms. The summed E-state index contributed by atoms with van der Waals surface area (Å²) in [6, 6.07) is 12.7. The van der Waals surface area contributed by atoms with E-state index in [1.807, 2.05) is 31.2 Å². The first-order valence-corrected chi connectivity index (χ1v) is 17.2. The number of hydrogen-bond acceptors (Lipinski definition) is 5. The maximum Gasteiger partial charge on any atom is 0.425 e. The quantitative estimate of drug-likeness (QED) is 0.0621. The first-order valence-electron chi connectivity index (χ1n) is 17.2. The van der Waals surface area contributed by atoms with Crippen LogP contribution in [-0.4, -0.2) is 30.8 Å². The van der Waals surface area contributed by atoms with E-state index in [1.165, 1.54) is 51.0 Å². The van der Waals surface area contributed by atoms with Crippen LogP contribution in [0.5, 0.6) is 11.5 Å². The highest BCUT2D eigenvalue weighted by atomic mass is 19.4. The molecule has 0 fully saturated rings. The van der Waals surface area contributed by atoms with Crippen LogP contribution in [0.25, 0.3) is 6.08 Å². The van der Waals surface area contributed by atoms with Crippen molar-refractivity contribution in [3.05, 3.63) is 65.2 Å². The summed E-state index contributed by atoms with van der Waals surface area (Å²) in [6.45, 7) is 4.91. The minimum absolute atomic E-state index is 0.207. The lowest BCUT2D eigenvalue weighted by Gasteiger charge is -2.27. The molecule has 0 aromatic heterocycles. The van der Waals surface area contributed by atoms with Gasteiger partial charge >= 0.3 is 18.1 Å². The molecule has 2 atom stereocenters. The first-order chi connectivity index (χ1) is 22.2. The summed E-state index contributed by atoms with van der Waals surface area (Å²) in [5.74, 6) is -0.777. The van der Waals surface area contributed by atoms with Gasteiger partial charge in [0.05, 0.1) is 12.5 Å². The number of esters is 2. The van der Waals surface area contributed by atoms with Crippen molar-refractivity contribution in [2.45, 2.75) is 129 Å². The van der Waals surface area contributed by atoms with Gasteiger partial charge in [-0.25, -0.2) is 4.79 Å². The van der Waals surface area contributed by atoms with Crippen molar-refractivity contribution in [3.63, 3.8) is 0 Å². The van der Waals surface area contributed by atoms with Crippen molar-refractivity contribution in [2.75, 3.05) is 6.61 Å². The van der Waals surface area contributed by atoms with Gasteiger partial charge in [-0.3, -0.25) is 4.79 Å². The average molecular weight is 645 g/mol. The lowest BCUT2D eigenvalue weighted by Crippen LogP contribution is -2.37. The molecule has 46 heavy (non-hydrogen) atoms. The van der Waals surface area contributed by atoms with E-state index < -0.39 is 30.1 Å². The number of carbonyl (C=O) groups is 2. The van der Waals surface area contributed by atoms with Crippen molar-refractivity contribution in [1.29, 1.82) is 0 Å². The summed E-state index contributed by atoms with van der Waals surface area (Å²) in [5.41, 5.74) is 2.60. The Morgan fingerprint density at radius 1 is 0.826 bits per heavy atom. The number of hydrogen-bond donors (Lipinski definition) is 0. The SMILES string of the molecule is CCCCCCCCCCOc1ccc(C=CC(=O)Oc2ccc3c(c2)CCC(C(=O)O[C@H](CCCCCC)C(F)(F)F)C3)cc1. The number of benzene rings is 2. The van der Waals surface area contributed by atoms with E-state index in [0.717, 1.165) is 41.7 Å². The predicted octanol–water partition coefficient (Wildman–Crippen LogP) is 10.4. The van der Waals surface area contributed by atoms with Gasteiger partial charge < -0.3 is 14.2 Å². The lowest BCUT2D eigenvalue weighted by atomic mass is 9.84. The van der Waals surface area contributed by atoms with Gasteiger partial charge in [-0.15, -0.1) is 0 Å². The predicted molar refractivity (Wildman–Crippen MR) is 176 cm³/mol. The Morgan fingerprint density at radius 3 is 2.13 bits per heavy atom. The zero-order valence-electron chi connectivity index (χ0n) is 27.5. The molecule has 0 aliphatic heterocycles. The molecule has 1 aliphatic carbocycles. The number of ether oxygens (including phenoxy) is 3. The fourth-order valence-electron chi connectivity index (χ4n) is 5.69. The van der Waals surface area contributed by atoms with Crippen LogP contribution in [0, 0.1) is 5.92 Å². The highest BCUT2D eigenvalue weighted by molar-refractivity contribution is 5.88. The molecule has 2 aromatic carbocycles. The van der Waals surface area contributed by atoms with Crippen molar-refractivity contribution >= 4 is 18.0 Å². The second-order valence-corrected chi connectivity index (χ2v) is 12.3. The molecule has 3 rings (SSSR count). The van der Waals surface area contributed by atoms with Crippen molar-refractivity contribution in [1.82, 2.24) is 0 Å². The molecule has 254 valence electrons. The van der Waals surface area contributed by atoms with Crippen LogP contribution in [0.4, 0.5) is 13.2 Å². The van der Waals surface area contributed by atoms with Crippen molar-refractivity contribution in [3.8, 4) is 11.5 Å². The van der Waals surface area contributed by atoms with E-state index in [1.54, 1.807) is 24.3 Å². The molecule has 1 aliphatic rings. The van der Waals surface area contributed by atoms with E-state index in [4.69, 9.17) is 14.2 Å². The Hall–Kier alpha value is -3.29. The van der Waals surface area contributed by atoms with E-state index in [-0.39, 0.29) is 6.42 Å².